The van der Waals surface area contributed by atoms with Crippen molar-refractivity contribution in [3.63, 3.8) is 0 Å². The van der Waals surface area contributed by atoms with Crippen molar-refractivity contribution in [2.24, 2.45) is 0 Å². The molecule has 2 nitrogen and oxygen atoms in total. The van der Waals surface area contributed by atoms with E-state index in [9.17, 15) is 0 Å². The maximum absolute atomic E-state index is 2.47. The standard InChI is InChI=1S/C64H40N2S2/c1-2-18-43-38-44(33-32-41(43)16-1)63-51-36-34-46(66-57-26-9-13-30-61(57)68-62-31-14-10-27-58(62)66)40-54(51)64(50-22-6-5-21-49(50)48-23-15-19-42-17-3-4-20-47(42)48)52-37-35-45(39-53(52)63)65-55-24-7-11-28-59(55)67-60-29-12-8-25-56(60)65/h1-40H. The second-order valence-corrected chi connectivity index (χ2v) is 19.8. The molecule has 0 N–H and O–H groups in total. The van der Waals surface area contributed by atoms with Crippen LogP contribution in [0.1, 0.15) is 0 Å². The van der Waals surface area contributed by atoms with Gasteiger partial charge in [0.25, 0.3) is 0 Å². The van der Waals surface area contributed by atoms with Crippen molar-refractivity contribution in [3.05, 3.63) is 243 Å². The van der Waals surface area contributed by atoms with Gasteiger partial charge in [-0.3, -0.25) is 0 Å². The number of para-hydroxylation sites is 4. The van der Waals surface area contributed by atoms with Crippen molar-refractivity contribution in [3.8, 4) is 33.4 Å². The van der Waals surface area contributed by atoms with Crippen LogP contribution in [0.5, 0.6) is 0 Å². The highest BCUT2D eigenvalue weighted by Crippen LogP contribution is 2.56. The lowest BCUT2D eigenvalue weighted by atomic mass is 9.82. The van der Waals surface area contributed by atoms with E-state index in [0.29, 0.717) is 0 Å². The Labute approximate surface area is 403 Å². The molecule has 2 heterocycles. The molecule has 2 aliphatic heterocycles. The third-order valence-electron chi connectivity index (χ3n) is 13.8. The lowest BCUT2D eigenvalue weighted by Gasteiger charge is -2.34. The molecule has 0 unspecified atom stereocenters. The van der Waals surface area contributed by atoms with Crippen LogP contribution in [0.15, 0.2) is 262 Å². The van der Waals surface area contributed by atoms with Crippen LogP contribution in [0.4, 0.5) is 34.1 Å². The quantitative estimate of drug-likeness (QED) is 0.159. The fourth-order valence-corrected chi connectivity index (χ4v) is 12.9. The largest absolute Gasteiger partial charge is 0.308 e. The van der Waals surface area contributed by atoms with Crippen LogP contribution in [-0.2, 0) is 0 Å². The molecule has 2 aliphatic rings. The first-order valence-corrected chi connectivity index (χ1v) is 24.8. The molecule has 0 bridgehead atoms. The van der Waals surface area contributed by atoms with E-state index >= 15 is 0 Å². The van der Waals surface area contributed by atoms with Gasteiger partial charge in [-0.1, -0.05) is 187 Å². The number of benzene rings is 12. The van der Waals surface area contributed by atoms with Crippen molar-refractivity contribution in [2.75, 3.05) is 9.80 Å². The van der Waals surface area contributed by atoms with Crippen LogP contribution in [0.25, 0.3) is 76.5 Å². The summed E-state index contributed by atoms with van der Waals surface area (Å²) in [4.78, 5) is 9.91. The van der Waals surface area contributed by atoms with Gasteiger partial charge in [0.1, 0.15) is 0 Å². The van der Waals surface area contributed by atoms with Crippen molar-refractivity contribution < 1.29 is 0 Å². The van der Waals surface area contributed by atoms with E-state index in [-0.39, 0.29) is 0 Å². The number of hydrogen-bond acceptors (Lipinski definition) is 4. The molecule has 14 rings (SSSR count). The average Bonchev–Trinajstić information content (AvgIpc) is 3.40. The zero-order chi connectivity index (χ0) is 44.7. The molecule has 0 saturated carbocycles. The van der Waals surface area contributed by atoms with Crippen molar-refractivity contribution in [1.29, 1.82) is 0 Å². The SMILES string of the molecule is c1ccc2c(c1)Sc1ccccc1N2c1ccc2c(-c3ccccc3-c3cccc4ccccc34)c3cc(N4c5ccccc5Sc5ccccc54)ccc3c(-c3ccc4ccccc4c3)c2c1. The van der Waals surface area contributed by atoms with E-state index in [1.165, 1.54) is 119 Å². The van der Waals surface area contributed by atoms with E-state index in [2.05, 4.69) is 252 Å². The highest BCUT2D eigenvalue weighted by molar-refractivity contribution is 8.00. The van der Waals surface area contributed by atoms with Crippen LogP contribution in [0.2, 0.25) is 0 Å². The van der Waals surface area contributed by atoms with Crippen LogP contribution in [0.3, 0.4) is 0 Å². The van der Waals surface area contributed by atoms with Gasteiger partial charge in [-0.2, -0.15) is 0 Å². The third kappa shape index (κ3) is 6.22. The maximum Gasteiger partial charge on any atom is 0.0601 e. The van der Waals surface area contributed by atoms with Gasteiger partial charge in [0.05, 0.1) is 22.7 Å². The molecule has 0 spiro atoms. The van der Waals surface area contributed by atoms with Crippen LogP contribution in [-0.4, -0.2) is 0 Å². The molecule has 0 saturated heterocycles. The van der Waals surface area contributed by atoms with Gasteiger partial charge in [0, 0.05) is 31.0 Å². The van der Waals surface area contributed by atoms with E-state index in [4.69, 9.17) is 0 Å². The number of hydrogen-bond donors (Lipinski definition) is 0. The smallest absolute Gasteiger partial charge is 0.0601 e. The van der Waals surface area contributed by atoms with Gasteiger partial charge in [0.15, 0.2) is 0 Å². The lowest BCUT2D eigenvalue weighted by molar-refractivity contribution is 1.17. The first-order chi connectivity index (χ1) is 33.7. The van der Waals surface area contributed by atoms with E-state index in [0.717, 1.165) is 11.4 Å². The normalized spacial score (nSPS) is 12.8. The van der Waals surface area contributed by atoms with Gasteiger partial charge in [0.2, 0.25) is 0 Å². The molecule has 0 amide bonds. The van der Waals surface area contributed by atoms with Crippen LogP contribution in [0, 0.1) is 0 Å². The fourth-order valence-electron chi connectivity index (χ4n) is 10.8. The summed E-state index contributed by atoms with van der Waals surface area (Å²) in [5.41, 5.74) is 14.3. The summed E-state index contributed by atoms with van der Waals surface area (Å²) in [6.07, 6.45) is 0. The summed E-state index contributed by atoms with van der Waals surface area (Å²) in [6, 6.07) is 90.0. The van der Waals surface area contributed by atoms with Crippen LogP contribution < -0.4 is 9.80 Å². The minimum atomic E-state index is 1.13. The predicted molar refractivity (Wildman–Crippen MR) is 290 cm³/mol. The molecule has 12 aromatic rings. The van der Waals surface area contributed by atoms with Gasteiger partial charge in [-0.25, -0.2) is 0 Å². The van der Waals surface area contributed by atoms with E-state index in [1.807, 2.05) is 23.5 Å². The van der Waals surface area contributed by atoms with E-state index < -0.39 is 0 Å². The number of fused-ring (bicyclic) bond motifs is 8. The molecule has 4 heteroatoms. The highest BCUT2D eigenvalue weighted by Gasteiger charge is 2.29. The molecule has 12 aromatic carbocycles. The molecule has 0 aromatic heterocycles. The zero-order valence-electron chi connectivity index (χ0n) is 36.8. The predicted octanol–water partition coefficient (Wildman–Crippen LogP) is 19.2. The number of anilines is 6. The Hall–Kier alpha value is -8.02. The van der Waals surface area contributed by atoms with Gasteiger partial charge >= 0.3 is 0 Å². The summed E-state index contributed by atoms with van der Waals surface area (Å²) in [6.45, 7) is 0. The Kier molecular flexibility index (Phi) is 9.11. The molecule has 318 valence electrons. The Morgan fingerprint density at radius 3 is 1.29 bits per heavy atom. The Balaban J connectivity index is 1.12. The lowest BCUT2D eigenvalue weighted by Crippen LogP contribution is -2.15. The minimum Gasteiger partial charge on any atom is -0.308 e. The first-order valence-electron chi connectivity index (χ1n) is 23.2. The first kappa shape index (κ1) is 39.2. The number of nitrogens with zero attached hydrogens (tertiary/aromatic N) is 2. The fraction of sp³-hybridized carbons (Fsp3) is 0. The summed E-state index contributed by atoms with van der Waals surface area (Å²) in [7, 11) is 0. The molecular formula is C64H40N2S2. The zero-order valence-corrected chi connectivity index (χ0v) is 38.4. The molecule has 68 heavy (non-hydrogen) atoms. The van der Waals surface area contributed by atoms with Crippen LogP contribution >= 0.6 is 23.5 Å². The highest BCUT2D eigenvalue weighted by atomic mass is 32.2. The second-order valence-electron chi connectivity index (χ2n) is 17.6. The molecule has 0 fully saturated rings. The maximum atomic E-state index is 2.47. The van der Waals surface area contributed by atoms with Gasteiger partial charge < -0.3 is 9.80 Å². The third-order valence-corrected chi connectivity index (χ3v) is 16.0. The average molecular weight is 901 g/mol. The minimum absolute atomic E-state index is 1.13. The Bertz CT molecular complexity index is 3930. The van der Waals surface area contributed by atoms with Crippen molar-refractivity contribution >= 4 is 101 Å². The molecular weight excluding hydrogens is 861 g/mol. The summed E-state index contributed by atoms with van der Waals surface area (Å²) in [5.74, 6) is 0. The Morgan fingerprint density at radius 2 is 0.691 bits per heavy atom. The van der Waals surface area contributed by atoms with Gasteiger partial charge in [-0.05, 0) is 155 Å². The number of rotatable bonds is 5. The van der Waals surface area contributed by atoms with Gasteiger partial charge in [-0.15, -0.1) is 0 Å². The molecule has 0 atom stereocenters. The molecule has 0 aliphatic carbocycles. The summed E-state index contributed by atoms with van der Waals surface area (Å²) < 4.78 is 0. The Morgan fingerprint density at radius 1 is 0.250 bits per heavy atom. The monoisotopic (exact) mass is 900 g/mol. The topological polar surface area (TPSA) is 6.48 Å². The van der Waals surface area contributed by atoms with Crippen molar-refractivity contribution in [1.82, 2.24) is 0 Å². The second kappa shape index (κ2) is 15.8. The summed E-state index contributed by atoms with van der Waals surface area (Å²) in [5, 5.41) is 9.75. The molecule has 0 radical (unpaired) electrons. The van der Waals surface area contributed by atoms with E-state index in [1.54, 1.807) is 0 Å². The summed E-state index contributed by atoms with van der Waals surface area (Å²) >= 11 is 3.69. The van der Waals surface area contributed by atoms with Crippen molar-refractivity contribution in [2.45, 2.75) is 19.6 Å².